The van der Waals surface area contributed by atoms with Crippen LogP contribution in [-0.4, -0.2) is 0 Å². The van der Waals surface area contributed by atoms with E-state index in [1.165, 1.54) is 16.7 Å². The normalized spacial score (nSPS) is 10.5. The van der Waals surface area contributed by atoms with Gasteiger partial charge in [0.25, 0.3) is 0 Å². The maximum absolute atomic E-state index is 2.22. The van der Waals surface area contributed by atoms with Gasteiger partial charge in [-0.25, -0.2) is 0 Å². The van der Waals surface area contributed by atoms with Crippen LogP contribution >= 0.6 is 0 Å². The predicted octanol–water partition coefficient (Wildman–Crippen LogP) is 4.45. The van der Waals surface area contributed by atoms with Gasteiger partial charge in [-0.3, -0.25) is 0 Å². The summed E-state index contributed by atoms with van der Waals surface area (Å²) >= 11 is 0. The standard InChI is InChI=1S/C14H18/c1-12(2)13(3)8-7-11-14-9-5-4-6-10-14/h4-7,9-11H,8H2,1-3H3/b11-7+. The molecule has 0 N–H and O–H groups in total. The summed E-state index contributed by atoms with van der Waals surface area (Å²) in [4.78, 5) is 0. The summed E-state index contributed by atoms with van der Waals surface area (Å²) in [6.45, 7) is 6.50. The Labute approximate surface area is 87.0 Å². The number of benzene rings is 1. The van der Waals surface area contributed by atoms with Crippen LogP contribution in [0.1, 0.15) is 32.8 Å². The lowest BCUT2D eigenvalue weighted by Gasteiger charge is -1.98. The van der Waals surface area contributed by atoms with E-state index in [1.54, 1.807) is 0 Å². The molecule has 0 atom stereocenters. The first-order chi connectivity index (χ1) is 6.70. The molecule has 1 aromatic rings. The van der Waals surface area contributed by atoms with Crippen LogP contribution in [0.3, 0.4) is 0 Å². The maximum Gasteiger partial charge on any atom is -0.0136 e. The number of hydrogen-bond acceptors (Lipinski definition) is 0. The van der Waals surface area contributed by atoms with Crippen molar-refractivity contribution in [1.29, 1.82) is 0 Å². The minimum absolute atomic E-state index is 1.05. The first-order valence-corrected chi connectivity index (χ1v) is 5.04. The highest BCUT2D eigenvalue weighted by atomic mass is 13.9. The molecule has 0 aliphatic heterocycles. The third-order valence-corrected chi connectivity index (χ3v) is 2.39. The summed E-state index contributed by atoms with van der Waals surface area (Å²) in [5.74, 6) is 0. The molecular weight excluding hydrogens is 168 g/mol. The van der Waals surface area contributed by atoms with E-state index in [0.29, 0.717) is 0 Å². The fourth-order valence-corrected chi connectivity index (χ4v) is 1.14. The molecule has 0 radical (unpaired) electrons. The highest BCUT2D eigenvalue weighted by Crippen LogP contribution is 2.09. The molecule has 0 aromatic heterocycles. The fraction of sp³-hybridized carbons (Fsp3) is 0.286. The Hall–Kier alpha value is -1.30. The second kappa shape index (κ2) is 5.43. The zero-order valence-electron chi connectivity index (χ0n) is 9.25. The van der Waals surface area contributed by atoms with Gasteiger partial charge in [-0.15, -0.1) is 0 Å². The first-order valence-electron chi connectivity index (χ1n) is 5.04. The summed E-state index contributed by atoms with van der Waals surface area (Å²) in [5, 5.41) is 0. The Kier molecular flexibility index (Phi) is 4.18. The van der Waals surface area contributed by atoms with Gasteiger partial charge >= 0.3 is 0 Å². The van der Waals surface area contributed by atoms with Gasteiger partial charge in [-0.05, 0) is 32.8 Å². The molecule has 1 rings (SSSR count). The molecule has 14 heavy (non-hydrogen) atoms. The van der Waals surface area contributed by atoms with Gasteiger partial charge in [0, 0.05) is 0 Å². The van der Waals surface area contributed by atoms with Crippen LogP contribution in [0.15, 0.2) is 47.6 Å². The number of allylic oxidation sites excluding steroid dienone is 3. The molecule has 0 heterocycles. The van der Waals surface area contributed by atoms with Gasteiger partial charge in [0.15, 0.2) is 0 Å². The molecule has 0 fully saturated rings. The molecule has 0 heteroatoms. The Morgan fingerprint density at radius 3 is 2.29 bits per heavy atom. The zero-order valence-corrected chi connectivity index (χ0v) is 9.25. The highest BCUT2D eigenvalue weighted by Gasteiger charge is 1.88. The van der Waals surface area contributed by atoms with Crippen molar-refractivity contribution in [3.8, 4) is 0 Å². The molecule has 0 nitrogen and oxygen atoms in total. The third kappa shape index (κ3) is 3.61. The van der Waals surface area contributed by atoms with E-state index >= 15 is 0 Å². The zero-order chi connectivity index (χ0) is 10.4. The number of rotatable bonds is 3. The molecule has 1 aromatic carbocycles. The summed E-state index contributed by atoms with van der Waals surface area (Å²) in [5.41, 5.74) is 4.15. The predicted molar refractivity (Wildman–Crippen MR) is 64.1 cm³/mol. The smallest absolute Gasteiger partial charge is 0.0136 e. The SMILES string of the molecule is CC(C)=C(C)C/C=C/c1ccccc1. The molecule has 74 valence electrons. The lowest BCUT2D eigenvalue weighted by Crippen LogP contribution is -1.77. The van der Waals surface area contributed by atoms with Crippen LogP contribution in [0.25, 0.3) is 6.08 Å². The Bertz CT molecular complexity index is 324. The van der Waals surface area contributed by atoms with E-state index in [1.807, 2.05) is 6.07 Å². The monoisotopic (exact) mass is 186 g/mol. The maximum atomic E-state index is 2.22. The van der Waals surface area contributed by atoms with E-state index in [4.69, 9.17) is 0 Å². The Morgan fingerprint density at radius 2 is 1.71 bits per heavy atom. The van der Waals surface area contributed by atoms with E-state index in [-0.39, 0.29) is 0 Å². The van der Waals surface area contributed by atoms with Crippen LogP contribution in [0, 0.1) is 0 Å². The van der Waals surface area contributed by atoms with Crippen LogP contribution in [-0.2, 0) is 0 Å². The van der Waals surface area contributed by atoms with Crippen molar-refractivity contribution in [3.05, 3.63) is 53.1 Å². The van der Waals surface area contributed by atoms with E-state index in [9.17, 15) is 0 Å². The minimum Gasteiger partial charge on any atom is -0.0799 e. The van der Waals surface area contributed by atoms with Crippen molar-refractivity contribution >= 4 is 6.08 Å². The lowest BCUT2D eigenvalue weighted by molar-refractivity contribution is 1.14. The van der Waals surface area contributed by atoms with Gasteiger partial charge < -0.3 is 0 Å². The van der Waals surface area contributed by atoms with Crippen LogP contribution in [0.2, 0.25) is 0 Å². The topological polar surface area (TPSA) is 0 Å². The van der Waals surface area contributed by atoms with Crippen molar-refractivity contribution in [2.24, 2.45) is 0 Å². The van der Waals surface area contributed by atoms with Crippen molar-refractivity contribution in [1.82, 2.24) is 0 Å². The number of hydrogen-bond donors (Lipinski definition) is 0. The molecule has 0 saturated carbocycles. The second-order valence-corrected chi connectivity index (χ2v) is 3.80. The third-order valence-electron chi connectivity index (χ3n) is 2.39. The Balaban J connectivity index is 2.55. The van der Waals surface area contributed by atoms with Crippen molar-refractivity contribution in [2.75, 3.05) is 0 Å². The van der Waals surface area contributed by atoms with Gasteiger partial charge in [0.2, 0.25) is 0 Å². The van der Waals surface area contributed by atoms with Crippen molar-refractivity contribution < 1.29 is 0 Å². The minimum atomic E-state index is 1.05. The molecule has 0 saturated heterocycles. The second-order valence-electron chi connectivity index (χ2n) is 3.80. The lowest BCUT2D eigenvalue weighted by atomic mass is 10.1. The van der Waals surface area contributed by atoms with E-state index in [2.05, 4.69) is 57.2 Å². The first kappa shape index (κ1) is 10.8. The average molecular weight is 186 g/mol. The van der Waals surface area contributed by atoms with Crippen LogP contribution < -0.4 is 0 Å². The van der Waals surface area contributed by atoms with E-state index < -0.39 is 0 Å². The molecular formula is C14H18. The molecule has 0 amide bonds. The summed E-state index contributed by atoms with van der Waals surface area (Å²) in [6, 6.07) is 10.4. The van der Waals surface area contributed by atoms with Gasteiger partial charge in [0.05, 0.1) is 0 Å². The van der Waals surface area contributed by atoms with Crippen molar-refractivity contribution in [3.63, 3.8) is 0 Å². The average Bonchev–Trinajstić information content (AvgIpc) is 2.19. The van der Waals surface area contributed by atoms with Crippen LogP contribution in [0.4, 0.5) is 0 Å². The fourth-order valence-electron chi connectivity index (χ4n) is 1.14. The molecule has 0 aliphatic carbocycles. The largest absolute Gasteiger partial charge is 0.0799 e. The quantitative estimate of drug-likeness (QED) is 0.612. The summed E-state index contributed by atoms with van der Waals surface area (Å²) < 4.78 is 0. The van der Waals surface area contributed by atoms with Gasteiger partial charge in [0.1, 0.15) is 0 Å². The van der Waals surface area contributed by atoms with Gasteiger partial charge in [-0.1, -0.05) is 53.6 Å². The Morgan fingerprint density at radius 1 is 1.07 bits per heavy atom. The van der Waals surface area contributed by atoms with E-state index in [0.717, 1.165) is 6.42 Å². The van der Waals surface area contributed by atoms with Crippen molar-refractivity contribution in [2.45, 2.75) is 27.2 Å². The van der Waals surface area contributed by atoms with Gasteiger partial charge in [-0.2, -0.15) is 0 Å². The molecule has 0 unspecified atom stereocenters. The molecule has 0 bridgehead atoms. The summed E-state index contributed by atoms with van der Waals surface area (Å²) in [6.07, 6.45) is 5.45. The molecule has 0 spiro atoms. The summed E-state index contributed by atoms with van der Waals surface area (Å²) in [7, 11) is 0. The molecule has 0 aliphatic rings. The highest BCUT2D eigenvalue weighted by molar-refractivity contribution is 5.49. The van der Waals surface area contributed by atoms with Crippen LogP contribution in [0.5, 0.6) is 0 Å².